The first-order valence-electron chi connectivity index (χ1n) is 11.6. The van der Waals surface area contributed by atoms with Gasteiger partial charge in [-0.15, -0.1) is 0 Å². The lowest BCUT2D eigenvalue weighted by Crippen LogP contribution is -2.49. The highest BCUT2D eigenvalue weighted by atomic mass is 79.9. The first kappa shape index (κ1) is 25.0. The summed E-state index contributed by atoms with van der Waals surface area (Å²) in [6.45, 7) is 7.09. The summed E-state index contributed by atoms with van der Waals surface area (Å²) in [4.78, 5) is 45.0. The Balaban J connectivity index is 1.76. The summed E-state index contributed by atoms with van der Waals surface area (Å²) in [7, 11) is 3.09. The molecule has 10 nitrogen and oxygen atoms in total. The molecule has 1 atom stereocenters. The van der Waals surface area contributed by atoms with Crippen LogP contribution in [-0.4, -0.2) is 49.5 Å². The van der Waals surface area contributed by atoms with Crippen molar-refractivity contribution in [2.45, 2.75) is 51.8 Å². The molecule has 0 saturated carbocycles. The number of fused-ring (bicyclic) bond motifs is 1. The number of nitrogens with zero attached hydrogens (tertiary/aromatic N) is 5. The van der Waals surface area contributed by atoms with E-state index in [0.717, 1.165) is 27.4 Å². The number of ether oxygens (including phenoxy) is 1. The van der Waals surface area contributed by atoms with E-state index in [4.69, 9.17) is 9.72 Å². The zero-order valence-electron chi connectivity index (χ0n) is 20.7. The highest BCUT2D eigenvalue weighted by Gasteiger charge is 2.29. The van der Waals surface area contributed by atoms with Gasteiger partial charge in [0.2, 0.25) is 5.95 Å². The van der Waals surface area contributed by atoms with Crippen molar-refractivity contribution in [2.75, 3.05) is 18.0 Å². The zero-order valence-corrected chi connectivity index (χ0v) is 22.3. The SMILES string of the molecule is Cn1c(=O)c2c(nc(N3CCC[C@@H](NC(=O)OC(C)(C)C)C3)n2Cc2ccccc2Br)n(C)c1=O. The molecule has 3 aromatic rings. The van der Waals surface area contributed by atoms with Crippen LogP contribution in [0.2, 0.25) is 0 Å². The Morgan fingerprint density at radius 3 is 2.60 bits per heavy atom. The number of imidazole rings is 1. The molecule has 3 heterocycles. The number of anilines is 1. The van der Waals surface area contributed by atoms with Gasteiger partial charge < -0.3 is 15.0 Å². The van der Waals surface area contributed by atoms with Gasteiger partial charge in [0.05, 0.1) is 6.54 Å². The van der Waals surface area contributed by atoms with Crippen LogP contribution in [-0.2, 0) is 25.4 Å². The number of alkyl carbamates (subject to hydrolysis) is 1. The van der Waals surface area contributed by atoms with E-state index in [1.165, 1.54) is 11.6 Å². The van der Waals surface area contributed by atoms with Crippen molar-refractivity contribution in [3.8, 4) is 0 Å². The van der Waals surface area contributed by atoms with Crippen LogP contribution >= 0.6 is 15.9 Å². The number of nitrogens with one attached hydrogen (secondary N) is 1. The van der Waals surface area contributed by atoms with Gasteiger partial charge in [-0.25, -0.2) is 9.59 Å². The van der Waals surface area contributed by atoms with Gasteiger partial charge in [0.15, 0.2) is 11.2 Å². The maximum Gasteiger partial charge on any atom is 0.407 e. The second-order valence-electron chi connectivity index (χ2n) is 9.90. The zero-order chi connectivity index (χ0) is 25.5. The number of hydrogen-bond acceptors (Lipinski definition) is 6. The first-order valence-corrected chi connectivity index (χ1v) is 12.4. The Morgan fingerprint density at radius 1 is 1.20 bits per heavy atom. The molecule has 35 heavy (non-hydrogen) atoms. The van der Waals surface area contributed by atoms with E-state index in [1.54, 1.807) is 7.05 Å². The average Bonchev–Trinajstić information content (AvgIpc) is 3.16. The molecule has 1 aromatic carbocycles. The topological polar surface area (TPSA) is 103 Å². The number of halogens is 1. The summed E-state index contributed by atoms with van der Waals surface area (Å²) in [5.41, 5.74) is 0.270. The van der Waals surface area contributed by atoms with Crippen LogP contribution in [0, 0.1) is 0 Å². The molecule has 0 spiro atoms. The van der Waals surface area contributed by atoms with Crippen LogP contribution in [0.25, 0.3) is 11.2 Å². The number of benzene rings is 1. The van der Waals surface area contributed by atoms with E-state index < -0.39 is 22.9 Å². The number of rotatable bonds is 4. The summed E-state index contributed by atoms with van der Waals surface area (Å²) >= 11 is 3.60. The number of carbonyl (C=O) groups excluding carboxylic acids is 1. The van der Waals surface area contributed by atoms with Crippen molar-refractivity contribution < 1.29 is 9.53 Å². The minimum Gasteiger partial charge on any atom is -0.444 e. The van der Waals surface area contributed by atoms with Gasteiger partial charge in [0, 0.05) is 37.7 Å². The first-order chi connectivity index (χ1) is 16.5. The third kappa shape index (κ3) is 5.14. The van der Waals surface area contributed by atoms with Gasteiger partial charge in [-0.05, 0) is 45.2 Å². The van der Waals surface area contributed by atoms with Crippen LogP contribution < -0.4 is 21.5 Å². The van der Waals surface area contributed by atoms with Crippen LogP contribution in [0.15, 0.2) is 38.3 Å². The molecule has 0 radical (unpaired) electrons. The molecular formula is C24H31BrN6O4. The second kappa shape index (κ2) is 9.52. The molecule has 0 aliphatic carbocycles. The van der Waals surface area contributed by atoms with Gasteiger partial charge in [0.25, 0.3) is 5.56 Å². The van der Waals surface area contributed by atoms with Gasteiger partial charge in [-0.3, -0.25) is 18.5 Å². The molecule has 0 unspecified atom stereocenters. The number of piperidine rings is 1. The predicted molar refractivity (Wildman–Crippen MR) is 138 cm³/mol. The molecule has 2 aromatic heterocycles. The minimum absolute atomic E-state index is 0.137. The molecule has 1 N–H and O–H groups in total. The molecule has 188 valence electrons. The van der Waals surface area contributed by atoms with E-state index in [1.807, 2.05) is 49.6 Å². The molecule has 1 saturated heterocycles. The van der Waals surface area contributed by atoms with Crippen molar-refractivity contribution in [3.05, 3.63) is 55.1 Å². The number of aryl methyl sites for hydroxylation is 1. The maximum absolute atomic E-state index is 13.2. The Bertz CT molecular complexity index is 1380. The predicted octanol–water partition coefficient (Wildman–Crippen LogP) is 2.74. The summed E-state index contributed by atoms with van der Waals surface area (Å²) < 4.78 is 10.7. The van der Waals surface area contributed by atoms with Gasteiger partial charge in [-0.2, -0.15) is 4.98 Å². The van der Waals surface area contributed by atoms with Crippen LogP contribution in [0.5, 0.6) is 0 Å². The van der Waals surface area contributed by atoms with Crippen LogP contribution in [0.3, 0.4) is 0 Å². The molecule has 1 aliphatic heterocycles. The lowest BCUT2D eigenvalue weighted by molar-refractivity contribution is 0.0500. The maximum atomic E-state index is 13.2. The van der Waals surface area contributed by atoms with Gasteiger partial charge in [0.1, 0.15) is 5.60 Å². The third-order valence-corrected chi connectivity index (χ3v) is 6.81. The number of carbonyl (C=O) groups is 1. The Labute approximate surface area is 211 Å². The standard InChI is InChI=1S/C24H31BrN6O4/c1-24(2,3)35-22(33)26-16-10-8-12-30(14-16)21-27-19-18(20(32)29(5)23(34)28(19)4)31(21)13-15-9-6-7-11-17(15)25/h6-7,9,11,16H,8,10,12-14H2,1-5H3,(H,26,33)/t16-/m1/s1. The molecular weight excluding hydrogens is 516 g/mol. The van der Waals surface area contributed by atoms with Crippen LogP contribution in [0.4, 0.5) is 10.7 Å². The Morgan fingerprint density at radius 2 is 1.91 bits per heavy atom. The van der Waals surface area contributed by atoms with Crippen molar-refractivity contribution in [1.82, 2.24) is 24.0 Å². The van der Waals surface area contributed by atoms with E-state index in [2.05, 4.69) is 26.1 Å². The highest BCUT2D eigenvalue weighted by Crippen LogP contribution is 2.26. The van der Waals surface area contributed by atoms with Crippen molar-refractivity contribution >= 4 is 39.1 Å². The van der Waals surface area contributed by atoms with E-state index in [-0.39, 0.29) is 6.04 Å². The van der Waals surface area contributed by atoms with Crippen molar-refractivity contribution in [1.29, 1.82) is 0 Å². The monoisotopic (exact) mass is 546 g/mol. The molecule has 1 fully saturated rings. The van der Waals surface area contributed by atoms with Crippen molar-refractivity contribution in [2.24, 2.45) is 14.1 Å². The van der Waals surface area contributed by atoms with Gasteiger partial charge in [-0.1, -0.05) is 34.1 Å². The number of aromatic nitrogens is 4. The lowest BCUT2D eigenvalue weighted by atomic mass is 10.1. The summed E-state index contributed by atoms with van der Waals surface area (Å²) in [6, 6.07) is 7.66. The summed E-state index contributed by atoms with van der Waals surface area (Å²) in [5.74, 6) is 0.588. The van der Waals surface area contributed by atoms with E-state index >= 15 is 0 Å². The Hall–Kier alpha value is -3.08. The average molecular weight is 547 g/mol. The summed E-state index contributed by atoms with van der Waals surface area (Å²) in [5, 5.41) is 2.96. The normalized spacial score (nSPS) is 16.5. The number of amides is 1. The largest absolute Gasteiger partial charge is 0.444 e. The highest BCUT2D eigenvalue weighted by molar-refractivity contribution is 9.10. The minimum atomic E-state index is -0.583. The molecule has 0 bridgehead atoms. The molecule has 4 rings (SSSR count). The lowest BCUT2D eigenvalue weighted by Gasteiger charge is -2.34. The Kier molecular flexibility index (Phi) is 6.81. The van der Waals surface area contributed by atoms with Gasteiger partial charge >= 0.3 is 11.8 Å². The fourth-order valence-corrected chi connectivity index (χ4v) is 4.78. The summed E-state index contributed by atoms with van der Waals surface area (Å²) in [6.07, 6.45) is 1.18. The van der Waals surface area contributed by atoms with Crippen molar-refractivity contribution in [3.63, 3.8) is 0 Å². The fourth-order valence-electron chi connectivity index (χ4n) is 4.37. The fraction of sp³-hybridized carbons (Fsp3) is 0.500. The second-order valence-corrected chi connectivity index (χ2v) is 10.8. The molecule has 1 amide bonds. The quantitative estimate of drug-likeness (QED) is 0.539. The molecule has 11 heteroatoms. The smallest absolute Gasteiger partial charge is 0.407 e. The third-order valence-electron chi connectivity index (χ3n) is 6.04. The van der Waals surface area contributed by atoms with E-state index in [0.29, 0.717) is 36.7 Å². The van der Waals surface area contributed by atoms with E-state index in [9.17, 15) is 14.4 Å². The van der Waals surface area contributed by atoms with Crippen LogP contribution in [0.1, 0.15) is 39.2 Å². The molecule has 1 aliphatic rings. The number of hydrogen-bond donors (Lipinski definition) is 1.